The number of rotatable bonds is 6. The zero-order chi connectivity index (χ0) is 22.8. The van der Waals surface area contributed by atoms with Crippen LogP contribution in [0.5, 0.6) is 0 Å². The Morgan fingerprint density at radius 1 is 1.19 bits per heavy atom. The zero-order valence-corrected chi connectivity index (χ0v) is 19.2. The number of esters is 1. The molecule has 3 rings (SSSR count). The van der Waals surface area contributed by atoms with Gasteiger partial charge in [-0.2, -0.15) is 0 Å². The SMILES string of the molecule is CCS(=O)(=O)c1ccc(CC(=O)Nc2sc3c(c2C(=O)OC)CCN(C(C)=O)C3)cc1. The first kappa shape index (κ1) is 23.0. The molecular weight excluding hydrogens is 440 g/mol. The quantitative estimate of drug-likeness (QED) is 0.658. The van der Waals surface area contributed by atoms with Crippen LogP contribution < -0.4 is 5.32 Å². The molecule has 1 N–H and O–H groups in total. The molecule has 0 atom stereocenters. The van der Waals surface area contributed by atoms with E-state index in [0.29, 0.717) is 35.6 Å². The van der Waals surface area contributed by atoms with Gasteiger partial charge in [0.25, 0.3) is 0 Å². The molecule has 166 valence electrons. The highest BCUT2D eigenvalue weighted by Crippen LogP contribution is 2.37. The van der Waals surface area contributed by atoms with Crippen LogP contribution in [0.4, 0.5) is 5.00 Å². The van der Waals surface area contributed by atoms with Gasteiger partial charge in [-0.3, -0.25) is 9.59 Å². The first-order valence-corrected chi connectivity index (χ1v) is 12.2. The maximum atomic E-state index is 12.6. The number of methoxy groups -OCH3 is 1. The van der Waals surface area contributed by atoms with E-state index in [2.05, 4.69) is 5.32 Å². The van der Waals surface area contributed by atoms with Gasteiger partial charge in [-0.05, 0) is 29.7 Å². The fourth-order valence-electron chi connectivity index (χ4n) is 3.42. The molecule has 0 spiro atoms. The van der Waals surface area contributed by atoms with Crippen molar-refractivity contribution < 1.29 is 27.5 Å². The van der Waals surface area contributed by atoms with Gasteiger partial charge < -0.3 is 15.0 Å². The third kappa shape index (κ3) is 4.96. The summed E-state index contributed by atoms with van der Waals surface area (Å²) in [4.78, 5) is 39.5. The molecule has 2 heterocycles. The van der Waals surface area contributed by atoms with Crippen LogP contribution in [-0.4, -0.2) is 50.5 Å². The summed E-state index contributed by atoms with van der Waals surface area (Å²) < 4.78 is 28.8. The van der Waals surface area contributed by atoms with Gasteiger partial charge >= 0.3 is 5.97 Å². The zero-order valence-electron chi connectivity index (χ0n) is 17.6. The summed E-state index contributed by atoms with van der Waals surface area (Å²) in [5, 5.41) is 3.19. The van der Waals surface area contributed by atoms with Crippen molar-refractivity contribution in [1.82, 2.24) is 4.90 Å². The van der Waals surface area contributed by atoms with Crippen molar-refractivity contribution >= 4 is 44.0 Å². The summed E-state index contributed by atoms with van der Waals surface area (Å²) in [6.07, 6.45) is 0.536. The second kappa shape index (κ2) is 9.19. The smallest absolute Gasteiger partial charge is 0.341 e. The summed E-state index contributed by atoms with van der Waals surface area (Å²) in [5.74, 6) is -0.901. The molecule has 31 heavy (non-hydrogen) atoms. The number of nitrogens with zero attached hydrogens (tertiary/aromatic N) is 1. The predicted octanol–water partition coefficient (Wildman–Crippen LogP) is 2.41. The predicted molar refractivity (Wildman–Crippen MR) is 117 cm³/mol. The Bertz CT molecular complexity index is 1120. The number of nitrogens with one attached hydrogen (secondary N) is 1. The average molecular weight is 465 g/mol. The number of carbonyl (C=O) groups excluding carboxylic acids is 3. The van der Waals surface area contributed by atoms with Crippen molar-refractivity contribution in [3.05, 3.63) is 45.8 Å². The topological polar surface area (TPSA) is 110 Å². The molecule has 1 aliphatic heterocycles. The molecule has 0 saturated heterocycles. The number of thiophene rings is 1. The number of benzene rings is 1. The second-order valence-corrected chi connectivity index (χ2v) is 10.5. The largest absolute Gasteiger partial charge is 0.465 e. The van der Waals surface area contributed by atoms with Crippen molar-refractivity contribution in [2.45, 2.75) is 38.1 Å². The summed E-state index contributed by atoms with van der Waals surface area (Å²) in [5.41, 5.74) is 1.79. The van der Waals surface area contributed by atoms with Gasteiger partial charge in [-0.1, -0.05) is 19.1 Å². The van der Waals surface area contributed by atoms with Crippen molar-refractivity contribution in [3.8, 4) is 0 Å². The van der Waals surface area contributed by atoms with Crippen LogP contribution in [0.15, 0.2) is 29.2 Å². The van der Waals surface area contributed by atoms with Crippen LogP contribution in [0.25, 0.3) is 0 Å². The van der Waals surface area contributed by atoms with Gasteiger partial charge in [0, 0.05) is 18.3 Å². The number of carbonyl (C=O) groups is 3. The molecule has 0 bridgehead atoms. The molecule has 2 amide bonds. The summed E-state index contributed by atoms with van der Waals surface area (Å²) >= 11 is 1.27. The van der Waals surface area contributed by atoms with Crippen LogP contribution in [0.1, 0.15) is 40.2 Å². The minimum Gasteiger partial charge on any atom is -0.465 e. The Hall–Kier alpha value is -2.72. The fourth-order valence-corrected chi connectivity index (χ4v) is 5.57. The second-order valence-electron chi connectivity index (χ2n) is 7.16. The Balaban J connectivity index is 1.79. The van der Waals surface area contributed by atoms with Crippen LogP contribution in [0.2, 0.25) is 0 Å². The molecule has 10 heteroatoms. The van der Waals surface area contributed by atoms with Gasteiger partial charge in [0.05, 0.1) is 36.3 Å². The molecule has 0 unspecified atom stereocenters. The number of hydrogen-bond acceptors (Lipinski definition) is 7. The first-order valence-electron chi connectivity index (χ1n) is 9.76. The molecule has 0 saturated carbocycles. The summed E-state index contributed by atoms with van der Waals surface area (Å²) in [7, 11) is -2.01. The van der Waals surface area contributed by atoms with E-state index >= 15 is 0 Å². The summed E-state index contributed by atoms with van der Waals surface area (Å²) in [6, 6.07) is 6.18. The lowest BCUT2D eigenvalue weighted by Gasteiger charge is -2.25. The van der Waals surface area contributed by atoms with E-state index in [1.54, 1.807) is 24.0 Å². The number of hydrogen-bond donors (Lipinski definition) is 1. The van der Waals surface area contributed by atoms with E-state index in [4.69, 9.17) is 4.74 Å². The number of fused-ring (bicyclic) bond motifs is 1. The molecule has 2 aromatic rings. The third-order valence-electron chi connectivity index (χ3n) is 5.17. The highest BCUT2D eigenvalue weighted by molar-refractivity contribution is 7.91. The van der Waals surface area contributed by atoms with Gasteiger partial charge in [-0.15, -0.1) is 11.3 Å². The highest BCUT2D eigenvalue weighted by atomic mass is 32.2. The monoisotopic (exact) mass is 464 g/mol. The van der Waals surface area contributed by atoms with Crippen LogP contribution in [0, 0.1) is 0 Å². The van der Waals surface area contributed by atoms with E-state index in [1.165, 1.54) is 37.5 Å². The van der Waals surface area contributed by atoms with Crippen LogP contribution in [-0.2, 0) is 43.5 Å². The van der Waals surface area contributed by atoms with Gasteiger partial charge in [0.15, 0.2) is 9.84 Å². The highest BCUT2D eigenvalue weighted by Gasteiger charge is 2.30. The molecule has 0 fully saturated rings. The normalized spacial score (nSPS) is 13.5. The maximum Gasteiger partial charge on any atom is 0.341 e. The first-order chi connectivity index (χ1) is 14.7. The molecule has 0 radical (unpaired) electrons. The Labute approximate surface area is 185 Å². The molecule has 1 aliphatic rings. The number of ether oxygens (including phenoxy) is 1. The van der Waals surface area contributed by atoms with Crippen molar-refractivity contribution in [2.24, 2.45) is 0 Å². The van der Waals surface area contributed by atoms with E-state index in [9.17, 15) is 22.8 Å². The van der Waals surface area contributed by atoms with Crippen molar-refractivity contribution in [3.63, 3.8) is 0 Å². The Morgan fingerprint density at radius 3 is 2.45 bits per heavy atom. The Kier molecular flexibility index (Phi) is 6.80. The lowest BCUT2D eigenvalue weighted by atomic mass is 10.0. The van der Waals surface area contributed by atoms with E-state index in [0.717, 1.165) is 10.4 Å². The number of amides is 2. The van der Waals surface area contributed by atoms with E-state index in [1.807, 2.05) is 0 Å². The average Bonchev–Trinajstić information content (AvgIpc) is 3.10. The van der Waals surface area contributed by atoms with Crippen molar-refractivity contribution in [1.29, 1.82) is 0 Å². The van der Waals surface area contributed by atoms with Crippen molar-refractivity contribution in [2.75, 3.05) is 24.7 Å². The lowest BCUT2D eigenvalue weighted by Crippen LogP contribution is -2.33. The van der Waals surface area contributed by atoms with E-state index in [-0.39, 0.29) is 28.9 Å². The maximum absolute atomic E-state index is 12.6. The summed E-state index contributed by atoms with van der Waals surface area (Å²) in [6.45, 7) is 3.97. The van der Waals surface area contributed by atoms with Gasteiger partial charge in [0.2, 0.25) is 11.8 Å². The molecule has 8 nitrogen and oxygen atoms in total. The van der Waals surface area contributed by atoms with E-state index < -0.39 is 15.8 Å². The fraction of sp³-hybridized carbons (Fsp3) is 0.381. The molecular formula is C21H24N2O6S2. The van der Waals surface area contributed by atoms with Gasteiger partial charge in [0.1, 0.15) is 5.00 Å². The molecule has 0 aliphatic carbocycles. The minimum absolute atomic E-state index is 0.00718. The van der Waals surface area contributed by atoms with Gasteiger partial charge in [-0.25, -0.2) is 13.2 Å². The molecule has 1 aromatic heterocycles. The lowest BCUT2D eigenvalue weighted by molar-refractivity contribution is -0.129. The van der Waals surface area contributed by atoms with Crippen LogP contribution in [0.3, 0.4) is 0 Å². The van der Waals surface area contributed by atoms with Crippen LogP contribution >= 0.6 is 11.3 Å². The minimum atomic E-state index is -3.30. The number of anilines is 1. The number of sulfone groups is 1. The third-order valence-corrected chi connectivity index (χ3v) is 8.05. The standard InChI is InChI=1S/C21H24N2O6S2/c1-4-31(27,28)15-7-5-14(6-8-15)11-18(25)22-20-19(21(26)29-3)16-9-10-23(13(2)24)12-17(16)30-20/h5-8H,4,9-12H2,1-3H3,(H,22,25). The Morgan fingerprint density at radius 2 is 1.87 bits per heavy atom. The molecule has 1 aromatic carbocycles.